The van der Waals surface area contributed by atoms with E-state index >= 15 is 0 Å². The maximum Gasteiger partial charge on any atom is 0.339 e. The van der Waals surface area contributed by atoms with Gasteiger partial charge in [-0.2, -0.15) is 0 Å². The summed E-state index contributed by atoms with van der Waals surface area (Å²) in [4.78, 5) is 34.0. The second-order valence-electron chi connectivity index (χ2n) is 4.96. The molecule has 0 fully saturated rings. The second-order valence-corrected chi connectivity index (χ2v) is 4.96. The van der Waals surface area contributed by atoms with E-state index in [1.165, 1.54) is 38.5 Å². The number of carbonyl (C=O) groups is 2. The number of rotatable bonds is 7. The van der Waals surface area contributed by atoms with Gasteiger partial charge in [0.2, 0.25) is 5.75 Å². The van der Waals surface area contributed by atoms with Gasteiger partial charge >= 0.3 is 11.7 Å². The standard InChI is InChI=1S/C17H16N2O7/c1-24-15-9-11(7-8-14(15)19(22)23)26-10-16(20)18-13-6-4-3-5-12(13)17(21)25-2/h3-9H,10H2,1-2H3,(H,18,20). The van der Waals surface area contributed by atoms with Gasteiger partial charge in [0.05, 0.1) is 30.4 Å². The highest BCUT2D eigenvalue weighted by atomic mass is 16.6. The number of hydrogen-bond acceptors (Lipinski definition) is 7. The Morgan fingerprint density at radius 2 is 1.88 bits per heavy atom. The summed E-state index contributed by atoms with van der Waals surface area (Å²) in [5, 5.41) is 13.4. The van der Waals surface area contributed by atoms with Gasteiger partial charge in [-0.05, 0) is 18.2 Å². The minimum absolute atomic E-state index is 0.0175. The van der Waals surface area contributed by atoms with Crippen LogP contribution in [0.25, 0.3) is 0 Å². The van der Waals surface area contributed by atoms with Crippen LogP contribution in [0.2, 0.25) is 0 Å². The van der Waals surface area contributed by atoms with Gasteiger partial charge in [0.25, 0.3) is 5.91 Å². The average Bonchev–Trinajstić information content (AvgIpc) is 2.65. The lowest BCUT2D eigenvalue weighted by Gasteiger charge is -2.11. The number of nitro benzene ring substituents is 1. The van der Waals surface area contributed by atoms with E-state index in [1.807, 2.05) is 0 Å². The van der Waals surface area contributed by atoms with Gasteiger partial charge in [0, 0.05) is 12.1 Å². The van der Waals surface area contributed by atoms with Crippen LogP contribution in [0.4, 0.5) is 11.4 Å². The summed E-state index contributed by atoms with van der Waals surface area (Å²) in [5.74, 6) is -0.853. The number of para-hydroxylation sites is 1. The third-order valence-corrected chi connectivity index (χ3v) is 3.32. The molecule has 136 valence electrons. The van der Waals surface area contributed by atoms with Crippen molar-refractivity contribution in [2.45, 2.75) is 0 Å². The number of esters is 1. The first-order chi connectivity index (χ1) is 12.5. The molecule has 9 heteroatoms. The number of carbonyl (C=O) groups excluding carboxylic acids is 2. The maximum absolute atomic E-state index is 12.1. The first-order valence-corrected chi connectivity index (χ1v) is 7.38. The highest BCUT2D eigenvalue weighted by Gasteiger charge is 2.16. The highest BCUT2D eigenvalue weighted by molar-refractivity contribution is 6.01. The van der Waals surface area contributed by atoms with Gasteiger partial charge in [0.1, 0.15) is 5.75 Å². The molecule has 2 aromatic carbocycles. The summed E-state index contributed by atoms with van der Waals surface area (Å²) in [6, 6.07) is 10.3. The highest BCUT2D eigenvalue weighted by Crippen LogP contribution is 2.30. The molecule has 0 saturated heterocycles. The van der Waals surface area contributed by atoms with Crippen molar-refractivity contribution in [1.29, 1.82) is 0 Å². The molecule has 1 N–H and O–H groups in total. The number of benzene rings is 2. The van der Waals surface area contributed by atoms with Crippen LogP contribution in [0.1, 0.15) is 10.4 Å². The number of ether oxygens (including phenoxy) is 3. The number of nitrogens with one attached hydrogen (secondary N) is 1. The first-order valence-electron chi connectivity index (χ1n) is 7.38. The van der Waals surface area contributed by atoms with Crippen molar-refractivity contribution < 1.29 is 28.7 Å². The Morgan fingerprint density at radius 3 is 2.54 bits per heavy atom. The monoisotopic (exact) mass is 360 g/mol. The lowest BCUT2D eigenvalue weighted by Crippen LogP contribution is -2.21. The molecule has 0 aliphatic rings. The number of anilines is 1. The molecule has 0 radical (unpaired) electrons. The molecule has 26 heavy (non-hydrogen) atoms. The van der Waals surface area contributed by atoms with Crippen molar-refractivity contribution in [1.82, 2.24) is 0 Å². The van der Waals surface area contributed by atoms with E-state index in [1.54, 1.807) is 18.2 Å². The van der Waals surface area contributed by atoms with Crippen LogP contribution in [0.3, 0.4) is 0 Å². The molecule has 0 aromatic heterocycles. The summed E-state index contributed by atoms with van der Waals surface area (Å²) >= 11 is 0. The third kappa shape index (κ3) is 4.47. The number of methoxy groups -OCH3 is 2. The zero-order chi connectivity index (χ0) is 19.1. The van der Waals surface area contributed by atoms with E-state index in [4.69, 9.17) is 9.47 Å². The Hall–Kier alpha value is -3.62. The van der Waals surface area contributed by atoms with E-state index in [2.05, 4.69) is 10.1 Å². The molecule has 0 atom stereocenters. The topological polar surface area (TPSA) is 117 Å². The van der Waals surface area contributed by atoms with Crippen LogP contribution in [0.5, 0.6) is 11.5 Å². The van der Waals surface area contributed by atoms with Crippen molar-refractivity contribution in [3.63, 3.8) is 0 Å². The van der Waals surface area contributed by atoms with E-state index in [9.17, 15) is 19.7 Å². The Labute approximate surface area is 148 Å². The van der Waals surface area contributed by atoms with Crippen molar-refractivity contribution in [3.05, 3.63) is 58.1 Å². The van der Waals surface area contributed by atoms with Crippen molar-refractivity contribution in [2.24, 2.45) is 0 Å². The molecule has 2 rings (SSSR count). The number of nitrogens with zero attached hydrogens (tertiary/aromatic N) is 1. The Balaban J connectivity index is 2.04. The molecular formula is C17H16N2O7. The van der Waals surface area contributed by atoms with E-state index < -0.39 is 16.8 Å². The molecule has 0 heterocycles. The van der Waals surface area contributed by atoms with Gasteiger partial charge in [-0.1, -0.05) is 12.1 Å². The van der Waals surface area contributed by atoms with Crippen LogP contribution in [-0.4, -0.2) is 37.6 Å². The fourth-order valence-corrected chi connectivity index (χ4v) is 2.11. The molecule has 0 aliphatic heterocycles. The fourth-order valence-electron chi connectivity index (χ4n) is 2.11. The van der Waals surface area contributed by atoms with Crippen LogP contribution in [-0.2, 0) is 9.53 Å². The quantitative estimate of drug-likeness (QED) is 0.458. The summed E-state index contributed by atoms with van der Waals surface area (Å²) in [7, 11) is 2.54. The van der Waals surface area contributed by atoms with Crippen LogP contribution >= 0.6 is 0 Å². The van der Waals surface area contributed by atoms with Gasteiger partial charge in [0.15, 0.2) is 6.61 Å². The normalized spacial score (nSPS) is 9.92. The predicted molar refractivity (Wildman–Crippen MR) is 91.6 cm³/mol. The summed E-state index contributed by atoms with van der Waals surface area (Å²) in [6.07, 6.45) is 0. The average molecular weight is 360 g/mol. The molecule has 1 amide bonds. The third-order valence-electron chi connectivity index (χ3n) is 3.32. The van der Waals surface area contributed by atoms with Crippen molar-refractivity contribution in [3.8, 4) is 11.5 Å². The van der Waals surface area contributed by atoms with Crippen LogP contribution < -0.4 is 14.8 Å². The van der Waals surface area contributed by atoms with E-state index in [-0.39, 0.29) is 35.0 Å². The minimum atomic E-state index is -0.584. The van der Waals surface area contributed by atoms with Crippen LogP contribution in [0.15, 0.2) is 42.5 Å². The van der Waals surface area contributed by atoms with Gasteiger partial charge in [-0.15, -0.1) is 0 Å². The Kier molecular flexibility index (Phi) is 6.10. The lowest BCUT2D eigenvalue weighted by atomic mass is 10.2. The Morgan fingerprint density at radius 1 is 1.15 bits per heavy atom. The molecular weight excluding hydrogens is 344 g/mol. The number of amides is 1. The Bertz CT molecular complexity index is 836. The van der Waals surface area contributed by atoms with Crippen molar-refractivity contribution in [2.75, 3.05) is 26.1 Å². The molecule has 0 bridgehead atoms. The second kappa shape index (κ2) is 8.47. The molecule has 9 nitrogen and oxygen atoms in total. The lowest BCUT2D eigenvalue weighted by molar-refractivity contribution is -0.385. The van der Waals surface area contributed by atoms with Crippen molar-refractivity contribution >= 4 is 23.3 Å². The fraction of sp³-hybridized carbons (Fsp3) is 0.176. The van der Waals surface area contributed by atoms with Gasteiger partial charge in [-0.25, -0.2) is 4.79 Å². The molecule has 0 spiro atoms. The predicted octanol–water partition coefficient (Wildman–Crippen LogP) is 2.41. The van der Waals surface area contributed by atoms with Gasteiger partial charge < -0.3 is 19.5 Å². The largest absolute Gasteiger partial charge is 0.490 e. The maximum atomic E-state index is 12.1. The zero-order valence-electron chi connectivity index (χ0n) is 14.1. The SMILES string of the molecule is COC(=O)c1ccccc1NC(=O)COc1ccc([N+](=O)[O-])c(OC)c1. The van der Waals surface area contributed by atoms with Gasteiger partial charge in [-0.3, -0.25) is 14.9 Å². The summed E-state index contributed by atoms with van der Waals surface area (Å²) < 4.78 is 14.9. The molecule has 0 unspecified atom stereocenters. The molecule has 0 aliphatic carbocycles. The number of nitro groups is 1. The molecule has 0 saturated carbocycles. The first kappa shape index (κ1) is 18.7. The summed E-state index contributed by atoms with van der Waals surface area (Å²) in [5.41, 5.74) is 0.283. The summed E-state index contributed by atoms with van der Waals surface area (Å²) in [6.45, 7) is -0.365. The van der Waals surface area contributed by atoms with E-state index in [0.29, 0.717) is 0 Å². The van der Waals surface area contributed by atoms with E-state index in [0.717, 1.165) is 0 Å². The number of hydrogen-bond donors (Lipinski definition) is 1. The molecule has 2 aromatic rings. The van der Waals surface area contributed by atoms with Crippen LogP contribution in [0, 0.1) is 10.1 Å². The minimum Gasteiger partial charge on any atom is -0.490 e. The smallest absolute Gasteiger partial charge is 0.339 e. The zero-order valence-corrected chi connectivity index (χ0v) is 14.1.